The average Bonchev–Trinajstić information content (AvgIpc) is 2.91. The van der Waals surface area contributed by atoms with Gasteiger partial charge >= 0.3 is 0 Å². The van der Waals surface area contributed by atoms with Gasteiger partial charge in [0.05, 0.1) is 18.5 Å². The maximum Gasteiger partial charge on any atom is 0.239 e. The van der Waals surface area contributed by atoms with Crippen LogP contribution in [0, 0.1) is 6.92 Å². The normalized spacial score (nSPS) is 16.7. The third-order valence-corrected chi connectivity index (χ3v) is 4.42. The van der Waals surface area contributed by atoms with Crippen LogP contribution in [0.25, 0.3) is 0 Å². The van der Waals surface area contributed by atoms with Gasteiger partial charge in [0.25, 0.3) is 0 Å². The van der Waals surface area contributed by atoms with E-state index in [-0.39, 0.29) is 5.91 Å². The fraction of sp³-hybridized carbons (Fsp3) is 0.167. The summed E-state index contributed by atoms with van der Waals surface area (Å²) in [5.41, 5.74) is 3.28. The maximum atomic E-state index is 12.0. The summed E-state index contributed by atoms with van der Waals surface area (Å²) < 4.78 is 0. The number of amides is 1. The van der Waals surface area contributed by atoms with Crippen molar-refractivity contribution in [1.82, 2.24) is 4.90 Å². The Labute approximate surface area is 139 Å². The smallest absolute Gasteiger partial charge is 0.239 e. The van der Waals surface area contributed by atoms with Gasteiger partial charge in [0.2, 0.25) is 5.91 Å². The maximum absolute atomic E-state index is 12.0. The van der Waals surface area contributed by atoms with Crippen LogP contribution in [0.15, 0.2) is 64.8 Å². The molecule has 0 N–H and O–H groups in total. The zero-order chi connectivity index (χ0) is 16.1. The molecule has 1 aliphatic rings. The van der Waals surface area contributed by atoms with E-state index in [1.54, 1.807) is 11.1 Å². The predicted molar refractivity (Wildman–Crippen MR) is 95.7 cm³/mol. The summed E-state index contributed by atoms with van der Waals surface area (Å²) in [6.45, 7) is 2.58. The first kappa shape index (κ1) is 15.5. The predicted octanol–water partition coefficient (Wildman–Crippen LogP) is 3.46. The van der Waals surface area contributed by atoms with Crippen molar-refractivity contribution in [3.8, 4) is 0 Å². The van der Waals surface area contributed by atoms with Gasteiger partial charge in [-0.25, -0.2) is 0 Å². The second kappa shape index (κ2) is 7.24. The van der Waals surface area contributed by atoms with Gasteiger partial charge in [-0.15, -0.1) is 5.10 Å². The molecule has 1 amide bonds. The van der Waals surface area contributed by atoms with Crippen molar-refractivity contribution in [2.75, 3.05) is 5.75 Å². The Bertz CT molecular complexity index is 739. The summed E-state index contributed by atoms with van der Waals surface area (Å²) in [5.74, 6) is 0.495. The van der Waals surface area contributed by atoms with Crippen molar-refractivity contribution in [3.05, 3.63) is 71.3 Å². The fourth-order valence-electron chi connectivity index (χ4n) is 2.19. The quantitative estimate of drug-likeness (QED) is 0.639. The van der Waals surface area contributed by atoms with Crippen LogP contribution in [0.2, 0.25) is 0 Å². The Morgan fingerprint density at radius 2 is 1.87 bits per heavy atom. The van der Waals surface area contributed by atoms with Gasteiger partial charge < -0.3 is 0 Å². The van der Waals surface area contributed by atoms with Crippen LogP contribution in [0.1, 0.15) is 16.7 Å². The zero-order valence-electron chi connectivity index (χ0n) is 12.8. The summed E-state index contributed by atoms with van der Waals surface area (Å²) in [5, 5.41) is 9.01. The van der Waals surface area contributed by atoms with Crippen molar-refractivity contribution in [2.45, 2.75) is 13.5 Å². The Morgan fingerprint density at radius 3 is 2.61 bits per heavy atom. The first-order chi connectivity index (χ1) is 11.2. The average molecular weight is 323 g/mol. The van der Waals surface area contributed by atoms with Gasteiger partial charge in [-0.1, -0.05) is 71.9 Å². The summed E-state index contributed by atoms with van der Waals surface area (Å²) in [4.78, 5) is 13.7. The van der Waals surface area contributed by atoms with Gasteiger partial charge in [-0.2, -0.15) is 5.10 Å². The lowest BCUT2D eigenvalue weighted by Gasteiger charge is -2.14. The third kappa shape index (κ3) is 4.07. The number of amidine groups is 1. The van der Waals surface area contributed by atoms with Crippen LogP contribution in [0.5, 0.6) is 0 Å². The minimum absolute atomic E-state index is 0.0724. The minimum atomic E-state index is 0.0724. The molecule has 23 heavy (non-hydrogen) atoms. The monoisotopic (exact) mass is 323 g/mol. The highest BCUT2D eigenvalue weighted by Crippen LogP contribution is 2.21. The first-order valence-corrected chi connectivity index (χ1v) is 8.36. The van der Waals surface area contributed by atoms with E-state index in [1.165, 1.54) is 17.3 Å². The van der Waals surface area contributed by atoms with E-state index in [0.29, 0.717) is 17.5 Å². The van der Waals surface area contributed by atoms with E-state index in [1.807, 2.05) is 61.5 Å². The lowest BCUT2D eigenvalue weighted by molar-refractivity contribution is -0.124. The standard InChI is InChI=1S/C18H17N3OS/c1-14-7-9-15(10-8-14)11-19-20-18-21(17(22)13-23-18)12-16-5-3-2-4-6-16/h2-11H,12-13H2,1H3. The third-order valence-electron chi connectivity index (χ3n) is 3.47. The Balaban J connectivity index is 1.72. The molecule has 0 aliphatic carbocycles. The number of carbonyl (C=O) groups excluding carboxylic acids is 1. The molecule has 0 saturated carbocycles. The number of carbonyl (C=O) groups is 1. The van der Waals surface area contributed by atoms with Crippen LogP contribution in [-0.2, 0) is 11.3 Å². The molecule has 1 aliphatic heterocycles. The first-order valence-electron chi connectivity index (χ1n) is 7.37. The number of aryl methyl sites for hydroxylation is 1. The molecule has 0 bridgehead atoms. The molecular weight excluding hydrogens is 306 g/mol. The molecule has 1 saturated heterocycles. The van der Waals surface area contributed by atoms with E-state index in [2.05, 4.69) is 10.2 Å². The molecule has 2 aromatic rings. The van der Waals surface area contributed by atoms with Crippen LogP contribution in [-0.4, -0.2) is 27.9 Å². The highest BCUT2D eigenvalue weighted by atomic mass is 32.2. The van der Waals surface area contributed by atoms with Crippen LogP contribution in [0.3, 0.4) is 0 Å². The lowest BCUT2D eigenvalue weighted by atomic mass is 10.2. The topological polar surface area (TPSA) is 45.0 Å². The van der Waals surface area contributed by atoms with Gasteiger partial charge in [0.1, 0.15) is 0 Å². The number of rotatable bonds is 4. The van der Waals surface area contributed by atoms with Crippen molar-refractivity contribution < 1.29 is 4.79 Å². The Morgan fingerprint density at radius 1 is 1.13 bits per heavy atom. The highest BCUT2D eigenvalue weighted by Gasteiger charge is 2.28. The molecule has 0 aromatic heterocycles. The molecule has 5 heteroatoms. The molecule has 2 aromatic carbocycles. The molecule has 0 atom stereocenters. The van der Waals surface area contributed by atoms with Crippen molar-refractivity contribution in [3.63, 3.8) is 0 Å². The number of thioether (sulfide) groups is 1. The second-order valence-corrected chi connectivity index (χ2v) is 6.23. The zero-order valence-corrected chi connectivity index (χ0v) is 13.7. The number of hydrogen-bond acceptors (Lipinski definition) is 4. The molecule has 0 spiro atoms. The van der Waals surface area contributed by atoms with Gasteiger partial charge in [-0.05, 0) is 18.1 Å². The highest BCUT2D eigenvalue weighted by molar-refractivity contribution is 8.15. The summed E-state index contributed by atoms with van der Waals surface area (Å²) in [6, 6.07) is 18.0. The second-order valence-electron chi connectivity index (χ2n) is 5.29. The number of nitrogens with zero attached hydrogens (tertiary/aromatic N) is 3. The molecule has 0 unspecified atom stereocenters. The summed E-state index contributed by atoms with van der Waals surface area (Å²) in [7, 11) is 0. The van der Waals surface area contributed by atoms with E-state index in [9.17, 15) is 4.79 Å². The van der Waals surface area contributed by atoms with Gasteiger partial charge in [-0.3, -0.25) is 9.69 Å². The van der Waals surface area contributed by atoms with Crippen LogP contribution < -0.4 is 0 Å². The minimum Gasteiger partial charge on any atom is -0.285 e. The van der Waals surface area contributed by atoms with E-state index in [0.717, 1.165) is 11.1 Å². The lowest BCUT2D eigenvalue weighted by Crippen LogP contribution is -2.28. The summed E-state index contributed by atoms with van der Waals surface area (Å²) in [6.07, 6.45) is 1.70. The molecule has 116 valence electrons. The molecular formula is C18H17N3OS. The van der Waals surface area contributed by atoms with E-state index < -0.39 is 0 Å². The van der Waals surface area contributed by atoms with Gasteiger partial charge in [0.15, 0.2) is 5.17 Å². The van der Waals surface area contributed by atoms with E-state index >= 15 is 0 Å². The van der Waals surface area contributed by atoms with Crippen molar-refractivity contribution in [2.24, 2.45) is 10.2 Å². The summed E-state index contributed by atoms with van der Waals surface area (Å²) >= 11 is 1.43. The van der Waals surface area contributed by atoms with Crippen molar-refractivity contribution in [1.29, 1.82) is 0 Å². The van der Waals surface area contributed by atoms with Crippen molar-refractivity contribution >= 4 is 29.1 Å². The molecule has 4 nitrogen and oxygen atoms in total. The number of benzene rings is 2. The molecule has 0 radical (unpaired) electrons. The van der Waals surface area contributed by atoms with Crippen LogP contribution >= 0.6 is 11.8 Å². The Hall–Kier alpha value is -2.40. The van der Waals surface area contributed by atoms with Crippen LogP contribution in [0.4, 0.5) is 0 Å². The molecule has 1 heterocycles. The fourth-order valence-corrected chi connectivity index (χ4v) is 3.03. The Kier molecular flexibility index (Phi) is 4.88. The van der Waals surface area contributed by atoms with Gasteiger partial charge in [0, 0.05) is 0 Å². The molecule has 1 fully saturated rings. The van der Waals surface area contributed by atoms with E-state index in [4.69, 9.17) is 0 Å². The SMILES string of the molecule is Cc1ccc(C=NN=C2SCC(=O)N2Cc2ccccc2)cc1. The molecule has 3 rings (SSSR count). The largest absolute Gasteiger partial charge is 0.285 e. The number of hydrogen-bond donors (Lipinski definition) is 0.